The molecular weight excluding hydrogens is 234 g/mol. The molecule has 0 aliphatic heterocycles. The summed E-state index contributed by atoms with van der Waals surface area (Å²) >= 11 is 0. The van der Waals surface area contributed by atoms with Gasteiger partial charge < -0.3 is 10.5 Å². The fraction of sp³-hybridized carbons (Fsp3) is 0.294. The van der Waals surface area contributed by atoms with Crippen LogP contribution in [-0.2, 0) is 6.42 Å². The van der Waals surface area contributed by atoms with Crippen molar-refractivity contribution in [2.75, 3.05) is 6.61 Å². The third-order valence-corrected chi connectivity index (χ3v) is 3.20. The maximum absolute atomic E-state index is 6.25. The summed E-state index contributed by atoms with van der Waals surface area (Å²) < 4.78 is 5.43. The third-order valence-electron chi connectivity index (χ3n) is 3.20. The Hall–Kier alpha value is -1.80. The van der Waals surface area contributed by atoms with E-state index in [4.69, 9.17) is 10.5 Å². The zero-order chi connectivity index (χ0) is 13.7. The number of aryl methyl sites for hydroxylation is 1. The molecular formula is C17H21NO. The number of nitrogens with two attached hydrogens (primary N) is 1. The Kier molecular flexibility index (Phi) is 4.58. The summed E-state index contributed by atoms with van der Waals surface area (Å²) in [6.07, 6.45) is 0.855. The molecule has 0 heterocycles. The molecule has 0 aromatic heterocycles. The molecule has 0 saturated carbocycles. The van der Waals surface area contributed by atoms with E-state index < -0.39 is 0 Å². The zero-order valence-corrected chi connectivity index (χ0v) is 11.6. The Bertz CT molecular complexity index is 502. The lowest BCUT2D eigenvalue weighted by Gasteiger charge is -2.13. The van der Waals surface area contributed by atoms with Crippen molar-refractivity contribution >= 4 is 0 Å². The quantitative estimate of drug-likeness (QED) is 0.885. The monoisotopic (exact) mass is 255 g/mol. The molecule has 2 heteroatoms. The predicted molar refractivity (Wildman–Crippen MR) is 79.4 cm³/mol. The standard InChI is InChI=1S/C17H21NO/c1-3-19-16-10-8-15(9-11-16)17(18)12-14-6-4-13(2)5-7-14/h4-11,17H,3,12,18H2,1-2H3. The molecule has 0 aliphatic rings. The van der Waals surface area contributed by atoms with Gasteiger partial charge in [0.05, 0.1) is 6.61 Å². The van der Waals surface area contributed by atoms with Gasteiger partial charge in [-0.15, -0.1) is 0 Å². The highest BCUT2D eigenvalue weighted by Gasteiger charge is 2.07. The van der Waals surface area contributed by atoms with Gasteiger partial charge in [-0.1, -0.05) is 42.0 Å². The van der Waals surface area contributed by atoms with Crippen LogP contribution in [0.3, 0.4) is 0 Å². The van der Waals surface area contributed by atoms with Crippen molar-refractivity contribution in [3.05, 3.63) is 65.2 Å². The number of rotatable bonds is 5. The molecule has 2 aromatic carbocycles. The summed E-state index contributed by atoms with van der Waals surface area (Å²) in [5.74, 6) is 0.897. The Labute approximate surface area is 115 Å². The SMILES string of the molecule is CCOc1ccc(C(N)Cc2ccc(C)cc2)cc1. The van der Waals surface area contributed by atoms with Crippen molar-refractivity contribution in [3.63, 3.8) is 0 Å². The molecule has 100 valence electrons. The van der Waals surface area contributed by atoms with E-state index in [0.29, 0.717) is 6.61 Å². The first-order chi connectivity index (χ1) is 9.19. The molecule has 0 amide bonds. The topological polar surface area (TPSA) is 35.2 Å². The van der Waals surface area contributed by atoms with Crippen LogP contribution in [0.15, 0.2) is 48.5 Å². The smallest absolute Gasteiger partial charge is 0.119 e. The first-order valence-electron chi connectivity index (χ1n) is 6.73. The lowest BCUT2D eigenvalue weighted by Crippen LogP contribution is -2.13. The molecule has 2 N–H and O–H groups in total. The van der Waals surface area contributed by atoms with E-state index in [1.807, 2.05) is 31.2 Å². The molecule has 19 heavy (non-hydrogen) atoms. The van der Waals surface area contributed by atoms with Gasteiger partial charge in [0.1, 0.15) is 5.75 Å². The van der Waals surface area contributed by atoms with Gasteiger partial charge in [-0.2, -0.15) is 0 Å². The van der Waals surface area contributed by atoms with Crippen LogP contribution < -0.4 is 10.5 Å². The van der Waals surface area contributed by atoms with E-state index in [1.165, 1.54) is 11.1 Å². The molecule has 2 rings (SSSR count). The molecule has 0 bridgehead atoms. The second kappa shape index (κ2) is 6.39. The average molecular weight is 255 g/mol. The van der Waals surface area contributed by atoms with Crippen molar-refractivity contribution in [3.8, 4) is 5.75 Å². The summed E-state index contributed by atoms with van der Waals surface area (Å²) in [6.45, 7) is 4.77. The fourth-order valence-electron chi connectivity index (χ4n) is 2.07. The van der Waals surface area contributed by atoms with Crippen LogP contribution in [0.1, 0.15) is 29.7 Å². The molecule has 0 radical (unpaired) electrons. The van der Waals surface area contributed by atoms with Gasteiger partial charge in [-0.3, -0.25) is 0 Å². The van der Waals surface area contributed by atoms with E-state index in [1.54, 1.807) is 0 Å². The van der Waals surface area contributed by atoms with Gasteiger partial charge in [-0.25, -0.2) is 0 Å². The van der Waals surface area contributed by atoms with E-state index in [-0.39, 0.29) is 6.04 Å². The lowest BCUT2D eigenvalue weighted by atomic mass is 9.99. The minimum atomic E-state index is 0.0263. The van der Waals surface area contributed by atoms with Crippen molar-refractivity contribution in [2.24, 2.45) is 5.73 Å². The van der Waals surface area contributed by atoms with Crippen LogP contribution in [0.25, 0.3) is 0 Å². The summed E-state index contributed by atoms with van der Waals surface area (Å²) in [6, 6.07) is 16.6. The average Bonchev–Trinajstić information content (AvgIpc) is 2.42. The Morgan fingerprint density at radius 2 is 1.63 bits per heavy atom. The van der Waals surface area contributed by atoms with Crippen LogP contribution in [-0.4, -0.2) is 6.61 Å². The highest BCUT2D eigenvalue weighted by Crippen LogP contribution is 2.19. The number of ether oxygens (including phenoxy) is 1. The predicted octanol–water partition coefficient (Wildman–Crippen LogP) is 3.64. The highest BCUT2D eigenvalue weighted by atomic mass is 16.5. The van der Waals surface area contributed by atoms with Gasteiger partial charge in [0.15, 0.2) is 0 Å². The van der Waals surface area contributed by atoms with Gasteiger partial charge in [0, 0.05) is 6.04 Å². The molecule has 1 unspecified atom stereocenters. The van der Waals surface area contributed by atoms with Gasteiger partial charge in [-0.05, 0) is 43.5 Å². The number of benzene rings is 2. The molecule has 0 fully saturated rings. The summed E-state index contributed by atoms with van der Waals surface area (Å²) in [5, 5.41) is 0. The number of hydrogen-bond donors (Lipinski definition) is 1. The second-order valence-corrected chi connectivity index (χ2v) is 4.80. The highest BCUT2D eigenvalue weighted by molar-refractivity contribution is 5.30. The minimum absolute atomic E-state index is 0.0263. The Morgan fingerprint density at radius 1 is 1.00 bits per heavy atom. The minimum Gasteiger partial charge on any atom is -0.494 e. The second-order valence-electron chi connectivity index (χ2n) is 4.80. The number of hydrogen-bond acceptors (Lipinski definition) is 2. The van der Waals surface area contributed by atoms with Crippen molar-refractivity contribution in [1.82, 2.24) is 0 Å². The summed E-state index contributed by atoms with van der Waals surface area (Å²) in [7, 11) is 0. The summed E-state index contributed by atoms with van der Waals surface area (Å²) in [4.78, 5) is 0. The van der Waals surface area contributed by atoms with Crippen LogP contribution in [0.5, 0.6) is 5.75 Å². The van der Waals surface area contributed by atoms with E-state index in [9.17, 15) is 0 Å². The third kappa shape index (κ3) is 3.83. The van der Waals surface area contributed by atoms with Crippen molar-refractivity contribution in [2.45, 2.75) is 26.3 Å². The van der Waals surface area contributed by atoms with Gasteiger partial charge in [0.2, 0.25) is 0 Å². The molecule has 2 nitrogen and oxygen atoms in total. The van der Waals surface area contributed by atoms with E-state index in [0.717, 1.165) is 17.7 Å². The van der Waals surface area contributed by atoms with Gasteiger partial charge >= 0.3 is 0 Å². The zero-order valence-electron chi connectivity index (χ0n) is 11.6. The first kappa shape index (κ1) is 13.6. The van der Waals surface area contributed by atoms with E-state index >= 15 is 0 Å². The van der Waals surface area contributed by atoms with Crippen LogP contribution in [0, 0.1) is 6.92 Å². The largest absolute Gasteiger partial charge is 0.494 e. The van der Waals surface area contributed by atoms with Crippen molar-refractivity contribution in [1.29, 1.82) is 0 Å². The van der Waals surface area contributed by atoms with Crippen LogP contribution in [0.4, 0.5) is 0 Å². The Balaban J connectivity index is 2.02. The summed E-state index contributed by atoms with van der Waals surface area (Å²) in [5.41, 5.74) is 9.94. The molecule has 1 atom stereocenters. The first-order valence-corrected chi connectivity index (χ1v) is 6.73. The molecule has 2 aromatic rings. The maximum atomic E-state index is 6.25. The molecule has 0 spiro atoms. The maximum Gasteiger partial charge on any atom is 0.119 e. The van der Waals surface area contributed by atoms with Crippen LogP contribution >= 0.6 is 0 Å². The molecule has 0 saturated heterocycles. The van der Waals surface area contributed by atoms with Crippen molar-refractivity contribution < 1.29 is 4.74 Å². The Morgan fingerprint density at radius 3 is 2.21 bits per heavy atom. The molecule has 0 aliphatic carbocycles. The fourth-order valence-corrected chi connectivity index (χ4v) is 2.07. The lowest BCUT2D eigenvalue weighted by molar-refractivity contribution is 0.340. The van der Waals surface area contributed by atoms with Gasteiger partial charge in [0.25, 0.3) is 0 Å². The normalized spacial score (nSPS) is 12.2. The van der Waals surface area contributed by atoms with E-state index in [2.05, 4.69) is 31.2 Å². The van der Waals surface area contributed by atoms with Crippen LogP contribution in [0.2, 0.25) is 0 Å².